The van der Waals surface area contributed by atoms with Gasteiger partial charge in [-0.15, -0.1) is 0 Å². The maximum Gasteiger partial charge on any atom is 0.416 e. The Morgan fingerprint density at radius 1 is 1.15 bits per heavy atom. The number of ether oxygens (including phenoxy) is 3. The van der Waals surface area contributed by atoms with Gasteiger partial charge >= 0.3 is 12.1 Å². The minimum atomic E-state index is -4.62. The topological polar surface area (TPSA) is 105 Å². The Morgan fingerprint density at radius 3 is 2.56 bits per heavy atom. The van der Waals surface area contributed by atoms with Crippen LogP contribution in [0.15, 0.2) is 24.3 Å². The van der Waals surface area contributed by atoms with Gasteiger partial charge < -0.3 is 19.5 Å². The van der Waals surface area contributed by atoms with E-state index >= 15 is 0 Å². The molecule has 2 heterocycles. The Kier molecular flexibility index (Phi) is 7.40. The molecule has 1 amide bonds. The third-order valence-corrected chi connectivity index (χ3v) is 4.78. The van der Waals surface area contributed by atoms with Crippen LogP contribution in [0.4, 0.5) is 18.9 Å². The number of hydrogen-bond acceptors (Lipinski definition) is 7. The third kappa shape index (κ3) is 5.63. The number of hydrogen-bond donors (Lipinski definition) is 1. The second-order valence-electron chi connectivity index (χ2n) is 7.39. The van der Waals surface area contributed by atoms with Gasteiger partial charge in [-0.3, -0.25) is 9.48 Å². The Labute approximate surface area is 192 Å². The summed E-state index contributed by atoms with van der Waals surface area (Å²) in [6.45, 7) is 2.93. The van der Waals surface area contributed by atoms with Crippen LogP contribution in [0.1, 0.15) is 27.3 Å². The zero-order valence-electron chi connectivity index (χ0n) is 18.9. The van der Waals surface area contributed by atoms with Crippen molar-refractivity contribution in [3.63, 3.8) is 0 Å². The second-order valence-corrected chi connectivity index (χ2v) is 7.39. The lowest BCUT2D eigenvalue weighted by Gasteiger charge is -2.15. The van der Waals surface area contributed by atoms with Crippen molar-refractivity contribution in [1.29, 1.82) is 0 Å². The highest BCUT2D eigenvalue weighted by atomic mass is 19.4. The third-order valence-electron chi connectivity index (χ3n) is 4.78. The van der Waals surface area contributed by atoms with Crippen LogP contribution in [-0.2, 0) is 27.5 Å². The molecule has 1 N–H and O–H groups in total. The SMILES string of the molecule is COCCOc1ccc(C(F)(F)F)cc1NC(=O)COC(=O)c1cc(C)nc2c1c(C)nn2C. The summed E-state index contributed by atoms with van der Waals surface area (Å²) in [5.74, 6) is -1.61. The lowest BCUT2D eigenvalue weighted by molar-refractivity contribution is -0.137. The lowest BCUT2D eigenvalue weighted by atomic mass is 10.1. The Bertz CT molecular complexity index is 1220. The standard InChI is InChI=1S/C22H23F3N4O5/c1-12-9-15(19-13(2)28-29(3)20(19)26-12)21(31)34-11-18(30)27-16-10-14(22(23,24)25)5-6-17(16)33-8-7-32-4/h5-6,9-10H,7-8,11H2,1-4H3,(H,27,30). The van der Waals surface area contributed by atoms with Gasteiger partial charge in [-0.25, -0.2) is 9.78 Å². The molecule has 0 radical (unpaired) electrons. The van der Waals surface area contributed by atoms with Crippen LogP contribution in [0.2, 0.25) is 0 Å². The first-order chi connectivity index (χ1) is 16.0. The predicted octanol–water partition coefficient (Wildman–Crippen LogP) is 3.42. The monoisotopic (exact) mass is 480 g/mol. The first-order valence-corrected chi connectivity index (χ1v) is 10.1. The number of alkyl halides is 3. The first kappa shape index (κ1) is 25.0. The number of carbonyl (C=O) groups is 2. The van der Waals surface area contributed by atoms with Gasteiger partial charge in [0.2, 0.25) is 0 Å². The Balaban J connectivity index is 1.76. The normalized spacial score (nSPS) is 11.5. The van der Waals surface area contributed by atoms with E-state index in [0.717, 1.165) is 18.2 Å². The fourth-order valence-electron chi connectivity index (χ4n) is 3.29. The lowest BCUT2D eigenvalue weighted by Crippen LogP contribution is -2.22. The molecule has 0 aliphatic carbocycles. The number of methoxy groups -OCH3 is 1. The van der Waals surface area contributed by atoms with Gasteiger partial charge in [-0.2, -0.15) is 18.3 Å². The van der Waals surface area contributed by atoms with Gasteiger partial charge in [0, 0.05) is 19.9 Å². The van der Waals surface area contributed by atoms with E-state index in [1.54, 1.807) is 20.9 Å². The first-order valence-electron chi connectivity index (χ1n) is 10.1. The summed E-state index contributed by atoms with van der Waals surface area (Å²) in [5, 5.41) is 7.05. The fourth-order valence-corrected chi connectivity index (χ4v) is 3.29. The zero-order chi connectivity index (χ0) is 25.0. The van der Waals surface area contributed by atoms with Crippen LogP contribution in [0.5, 0.6) is 5.75 Å². The molecule has 0 atom stereocenters. The van der Waals surface area contributed by atoms with E-state index in [2.05, 4.69) is 15.4 Å². The van der Waals surface area contributed by atoms with Crippen molar-refractivity contribution in [2.24, 2.45) is 7.05 Å². The molecule has 2 aromatic heterocycles. The quantitative estimate of drug-likeness (QED) is 0.389. The van der Waals surface area contributed by atoms with Crippen molar-refractivity contribution in [2.75, 3.05) is 32.2 Å². The van der Waals surface area contributed by atoms with Crippen molar-refractivity contribution in [3.05, 3.63) is 46.8 Å². The summed E-state index contributed by atoms with van der Waals surface area (Å²) in [7, 11) is 3.13. The smallest absolute Gasteiger partial charge is 0.416 e. The Hall–Kier alpha value is -3.67. The number of carbonyl (C=O) groups excluding carboxylic acids is 2. The number of aryl methyl sites for hydroxylation is 3. The number of nitrogens with one attached hydrogen (secondary N) is 1. The molecule has 0 bridgehead atoms. The average molecular weight is 480 g/mol. The number of amides is 1. The number of aromatic nitrogens is 3. The number of pyridine rings is 1. The van der Waals surface area contributed by atoms with Gasteiger partial charge in [0.15, 0.2) is 12.3 Å². The zero-order valence-corrected chi connectivity index (χ0v) is 18.9. The van der Waals surface area contributed by atoms with Crippen LogP contribution in [-0.4, -0.2) is 53.6 Å². The average Bonchev–Trinajstić information content (AvgIpc) is 3.05. The van der Waals surface area contributed by atoms with Crippen LogP contribution >= 0.6 is 0 Å². The second kappa shape index (κ2) is 10.1. The number of rotatable bonds is 8. The van der Waals surface area contributed by atoms with E-state index in [1.165, 1.54) is 17.9 Å². The van der Waals surface area contributed by atoms with Crippen molar-refractivity contribution in [3.8, 4) is 5.75 Å². The van der Waals surface area contributed by atoms with E-state index in [-0.39, 0.29) is 30.2 Å². The maximum atomic E-state index is 13.1. The number of halogens is 3. The summed E-state index contributed by atoms with van der Waals surface area (Å²) < 4.78 is 56.3. The highest BCUT2D eigenvalue weighted by Crippen LogP contribution is 2.35. The molecule has 12 heteroatoms. The molecule has 3 aromatic rings. The summed E-state index contributed by atoms with van der Waals surface area (Å²) >= 11 is 0. The van der Waals surface area contributed by atoms with E-state index in [1.807, 2.05) is 0 Å². The molecule has 0 saturated carbocycles. The number of fused-ring (bicyclic) bond motifs is 1. The van der Waals surface area contributed by atoms with Gasteiger partial charge in [-0.1, -0.05) is 0 Å². The molecule has 9 nitrogen and oxygen atoms in total. The van der Waals surface area contributed by atoms with Gasteiger partial charge in [0.05, 0.1) is 34.5 Å². The summed E-state index contributed by atoms with van der Waals surface area (Å²) in [4.78, 5) is 29.5. The van der Waals surface area contributed by atoms with Gasteiger partial charge in [-0.05, 0) is 38.1 Å². The maximum absolute atomic E-state index is 13.1. The largest absolute Gasteiger partial charge is 0.489 e. The highest BCUT2D eigenvalue weighted by Gasteiger charge is 2.31. The molecule has 182 valence electrons. The van der Waals surface area contributed by atoms with Crippen LogP contribution in [0.3, 0.4) is 0 Å². The fraction of sp³-hybridized carbons (Fsp3) is 0.364. The van der Waals surface area contributed by atoms with Crippen molar-refractivity contribution in [1.82, 2.24) is 14.8 Å². The minimum absolute atomic E-state index is 0.0159. The molecular weight excluding hydrogens is 457 g/mol. The molecular formula is C22H23F3N4O5. The molecule has 0 saturated heterocycles. The molecule has 0 aliphatic rings. The highest BCUT2D eigenvalue weighted by molar-refractivity contribution is 6.05. The minimum Gasteiger partial charge on any atom is -0.489 e. The van der Waals surface area contributed by atoms with Crippen LogP contribution < -0.4 is 10.1 Å². The molecule has 0 fully saturated rings. The van der Waals surface area contributed by atoms with Crippen molar-refractivity contribution in [2.45, 2.75) is 20.0 Å². The molecule has 0 unspecified atom stereocenters. The van der Waals surface area contributed by atoms with Gasteiger partial charge in [0.25, 0.3) is 5.91 Å². The van der Waals surface area contributed by atoms with Crippen molar-refractivity contribution >= 4 is 28.6 Å². The Morgan fingerprint density at radius 2 is 1.88 bits per heavy atom. The number of anilines is 1. The molecule has 3 rings (SSSR count). The molecule has 0 aliphatic heterocycles. The molecule has 0 spiro atoms. The number of esters is 1. The van der Waals surface area contributed by atoms with E-state index in [9.17, 15) is 22.8 Å². The summed E-state index contributed by atoms with van der Waals surface area (Å²) in [5.41, 5.74) is 0.592. The van der Waals surface area contributed by atoms with E-state index in [4.69, 9.17) is 14.2 Å². The van der Waals surface area contributed by atoms with E-state index in [0.29, 0.717) is 22.4 Å². The van der Waals surface area contributed by atoms with Crippen molar-refractivity contribution < 1.29 is 37.0 Å². The van der Waals surface area contributed by atoms with Crippen LogP contribution in [0.25, 0.3) is 11.0 Å². The number of nitrogens with zero attached hydrogens (tertiary/aromatic N) is 3. The van der Waals surface area contributed by atoms with E-state index < -0.39 is 30.2 Å². The predicted molar refractivity (Wildman–Crippen MR) is 116 cm³/mol. The summed E-state index contributed by atoms with van der Waals surface area (Å²) in [6, 6.07) is 4.20. The molecule has 1 aromatic carbocycles. The number of benzene rings is 1. The van der Waals surface area contributed by atoms with Gasteiger partial charge in [0.1, 0.15) is 12.4 Å². The van der Waals surface area contributed by atoms with Crippen LogP contribution in [0, 0.1) is 13.8 Å². The molecule has 34 heavy (non-hydrogen) atoms. The summed E-state index contributed by atoms with van der Waals surface area (Å²) in [6.07, 6.45) is -4.62.